The van der Waals surface area contributed by atoms with E-state index in [1.807, 2.05) is 11.8 Å². The first-order valence-electron chi connectivity index (χ1n) is 5.82. The summed E-state index contributed by atoms with van der Waals surface area (Å²) in [6, 6.07) is 0.423. The van der Waals surface area contributed by atoms with E-state index in [0.717, 1.165) is 6.42 Å². The normalized spacial score (nSPS) is 43.0. The van der Waals surface area contributed by atoms with Gasteiger partial charge in [0.1, 0.15) is 7.85 Å². The molecule has 1 heterocycles. The number of rotatable bonds is 4. The van der Waals surface area contributed by atoms with Crippen molar-refractivity contribution in [1.82, 2.24) is 0 Å². The van der Waals surface area contributed by atoms with E-state index >= 15 is 0 Å². The van der Waals surface area contributed by atoms with Crippen LogP contribution >= 0.6 is 11.8 Å². The van der Waals surface area contributed by atoms with Gasteiger partial charge in [0.2, 0.25) is 0 Å². The average molecular weight is 214 g/mol. The van der Waals surface area contributed by atoms with Crippen LogP contribution in [-0.4, -0.2) is 31.0 Å². The number of hydrogen-bond donors (Lipinski definition) is 0. The molecule has 1 aliphatic rings. The monoisotopic (exact) mass is 214 g/mol. The summed E-state index contributed by atoms with van der Waals surface area (Å²) in [5, 5.41) is 0.682. The Morgan fingerprint density at radius 3 is 2.43 bits per heavy atom. The largest absolute Gasteiger partial charge is 0.379 e. The zero-order chi connectivity index (χ0) is 10.8. The molecule has 1 rings (SSSR count). The molecule has 0 aromatic heterocycles. The highest BCUT2D eigenvalue weighted by molar-refractivity contribution is 7.99. The molecule has 0 saturated carbocycles. The second-order valence-corrected chi connectivity index (χ2v) is 5.50. The standard InChI is InChI=1S/C11H23BOS/c1-5-7-11(6-2)8(3)9(14-4)10(12)13-11/h8-10H,5-7,12H2,1-4H3/t8?,9?,10?,11-/m1/s1. The van der Waals surface area contributed by atoms with E-state index in [-0.39, 0.29) is 5.60 Å². The summed E-state index contributed by atoms with van der Waals surface area (Å²) in [6.07, 6.45) is 5.81. The molecule has 82 valence electrons. The molecule has 1 aliphatic heterocycles. The maximum Gasteiger partial charge on any atom is 0.140 e. The van der Waals surface area contributed by atoms with Gasteiger partial charge in [-0.25, -0.2) is 0 Å². The lowest BCUT2D eigenvalue weighted by atomic mass is 9.80. The van der Waals surface area contributed by atoms with Crippen LogP contribution < -0.4 is 0 Å². The molecule has 1 nitrogen and oxygen atoms in total. The first kappa shape index (κ1) is 12.4. The van der Waals surface area contributed by atoms with Crippen molar-refractivity contribution in [2.24, 2.45) is 5.92 Å². The zero-order valence-corrected chi connectivity index (χ0v) is 11.0. The Hall–Kier alpha value is 0.375. The summed E-state index contributed by atoms with van der Waals surface area (Å²) in [5.74, 6) is 0.692. The van der Waals surface area contributed by atoms with Crippen molar-refractivity contribution < 1.29 is 4.74 Å². The van der Waals surface area contributed by atoms with Gasteiger partial charge >= 0.3 is 0 Å². The van der Waals surface area contributed by atoms with Gasteiger partial charge in [0.25, 0.3) is 0 Å². The number of ether oxygens (including phenoxy) is 1. The fourth-order valence-electron chi connectivity index (χ4n) is 2.94. The summed E-state index contributed by atoms with van der Waals surface area (Å²) in [7, 11) is 2.23. The summed E-state index contributed by atoms with van der Waals surface area (Å²) < 4.78 is 6.23. The Morgan fingerprint density at radius 2 is 2.07 bits per heavy atom. The molecule has 14 heavy (non-hydrogen) atoms. The van der Waals surface area contributed by atoms with Gasteiger partial charge in [-0.05, 0) is 25.0 Å². The molecule has 4 atom stereocenters. The SMILES string of the molecule is BC1O[C@](CC)(CCC)C(C)C1SC. The van der Waals surface area contributed by atoms with E-state index < -0.39 is 0 Å². The Morgan fingerprint density at radius 1 is 1.43 bits per heavy atom. The quantitative estimate of drug-likeness (QED) is 0.664. The van der Waals surface area contributed by atoms with Crippen LogP contribution in [0, 0.1) is 5.92 Å². The topological polar surface area (TPSA) is 9.23 Å². The number of hydrogen-bond acceptors (Lipinski definition) is 2. The molecule has 3 unspecified atom stereocenters. The number of thioether (sulfide) groups is 1. The van der Waals surface area contributed by atoms with Crippen molar-refractivity contribution in [1.29, 1.82) is 0 Å². The van der Waals surface area contributed by atoms with Crippen LogP contribution in [-0.2, 0) is 4.74 Å². The van der Waals surface area contributed by atoms with Crippen LogP contribution in [0.3, 0.4) is 0 Å². The third kappa shape index (κ3) is 1.99. The minimum absolute atomic E-state index is 0.168. The predicted octanol–water partition coefficient (Wildman–Crippen LogP) is 2.29. The lowest BCUT2D eigenvalue weighted by Crippen LogP contribution is -2.35. The van der Waals surface area contributed by atoms with Gasteiger partial charge in [-0.15, -0.1) is 0 Å². The Balaban J connectivity index is 2.79. The van der Waals surface area contributed by atoms with Crippen LogP contribution in [0.25, 0.3) is 0 Å². The summed E-state index contributed by atoms with van der Waals surface area (Å²) in [6.45, 7) is 6.88. The van der Waals surface area contributed by atoms with Crippen LogP contribution in [0.4, 0.5) is 0 Å². The summed E-state index contributed by atoms with van der Waals surface area (Å²) in [4.78, 5) is 0. The van der Waals surface area contributed by atoms with Crippen molar-refractivity contribution in [3.8, 4) is 0 Å². The Kier molecular flexibility index (Phi) is 4.39. The highest BCUT2D eigenvalue weighted by atomic mass is 32.2. The van der Waals surface area contributed by atoms with Crippen LogP contribution in [0.5, 0.6) is 0 Å². The molecule has 3 heteroatoms. The van der Waals surface area contributed by atoms with Gasteiger partial charge in [0, 0.05) is 11.3 Å². The van der Waals surface area contributed by atoms with Crippen molar-refractivity contribution >= 4 is 19.6 Å². The molecule has 0 radical (unpaired) electrons. The second-order valence-electron chi connectivity index (χ2n) is 4.48. The Bertz CT molecular complexity index is 188. The van der Waals surface area contributed by atoms with Crippen molar-refractivity contribution in [2.45, 2.75) is 56.9 Å². The molecule has 0 aromatic carbocycles. The first-order chi connectivity index (χ1) is 6.61. The predicted molar refractivity (Wildman–Crippen MR) is 67.8 cm³/mol. The molecular weight excluding hydrogens is 191 g/mol. The molecule has 0 bridgehead atoms. The van der Waals surface area contributed by atoms with Gasteiger partial charge < -0.3 is 4.74 Å². The lowest BCUT2D eigenvalue weighted by Gasteiger charge is -2.32. The maximum absolute atomic E-state index is 6.23. The maximum atomic E-state index is 6.23. The highest BCUT2D eigenvalue weighted by Crippen LogP contribution is 2.45. The molecule has 1 saturated heterocycles. The van der Waals surface area contributed by atoms with Gasteiger partial charge in [-0.1, -0.05) is 27.2 Å². The Labute approximate surface area is 93.8 Å². The van der Waals surface area contributed by atoms with Gasteiger partial charge in [-0.3, -0.25) is 0 Å². The van der Waals surface area contributed by atoms with Crippen LogP contribution in [0.2, 0.25) is 0 Å². The third-order valence-corrected chi connectivity index (χ3v) is 5.09. The van der Waals surface area contributed by atoms with E-state index in [4.69, 9.17) is 4.74 Å². The molecular formula is C11H23BOS. The third-order valence-electron chi connectivity index (χ3n) is 3.75. The fraction of sp³-hybridized carbons (Fsp3) is 1.00. The zero-order valence-electron chi connectivity index (χ0n) is 10.2. The molecule has 0 amide bonds. The van der Waals surface area contributed by atoms with E-state index in [0.29, 0.717) is 17.2 Å². The van der Waals surface area contributed by atoms with Gasteiger partial charge in [0.15, 0.2) is 0 Å². The highest BCUT2D eigenvalue weighted by Gasteiger charge is 2.48. The smallest absolute Gasteiger partial charge is 0.140 e. The average Bonchev–Trinajstić information content (AvgIpc) is 2.40. The van der Waals surface area contributed by atoms with Crippen molar-refractivity contribution in [3.63, 3.8) is 0 Å². The molecule has 0 aromatic rings. The van der Waals surface area contributed by atoms with E-state index in [1.54, 1.807) is 0 Å². The van der Waals surface area contributed by atoms with Gasteiger partial charge in [0.05, 0.1) is 5.60 Å². The van der Waals surface area contributed by atoms with E-state index in [2.05, 4.69) is 34.9 Å². The van der Waals surface area contributed by atoms with Crippen LogP contribution in [0.1, 0.15) is 40.0 Å². The fourth-order valence-corrected chi connectivity index (χ4v) is 4.03. The van der Waals surface area contributed by atoms with E-state index in [1.165, 1.54) is 12.8 Å². The molecule has 0 aliphatic carbocycles. The molecule has 0 spiro atoms. The minimum Gasteiger partial charge on any atom is -0.379 e. The van der Waals surface area contributed by atoms with Crippen LogP contribution in [0.15, 0.2) is 0 Å². The molecule has 1 fully saturated rings. The first-order valence-corrected chi connectivity index (χ1v) is 7.10. The van der Waals surface area contributed by atoms with Gasteiger partial charge in [-0.2, -0.15) is 11.8 Å². The lowest BCUT2D eigenvalue weighted by molar-refractivity contribution is -0.0410. The minimum atomic E-state index is 0.168. The van der Waals surface area contributed by atoms with Crippen molar-refractivity contribution in [3.05, 3.63) is 0 Å². The summed E-state index contributed by atoms with van der Waals surface area (Å²) >= 11 is 1.97. The summed E-state index contributed by atoms with van der Waals surface area (Å²) in [5.41, 5.74) is 0.168. The van der Waals surface area contributed by atoms with E-state index in [9.17, 15) is 0 Å². The molecule has 0 N–H and O–H groups in total. The second kappa shape index (κ2) is 4.93. The van der Waals surface area contributed by atoms with Crippen molar-refractivity contribution in [2.75, 3.05) is 6.26 Å².